The molecule has 0 amide bonds. The van der Waals surface area contributed by atoms with Crippen molar-refractivity contribution in [1.29, 1.82) is 0 Å². The number of Topliss-reactive ketones (excluding diaryl/α,β-unsaturated/α-hetero) is 1. The highest BCUT2D eigenvalue weighted by Crippen LogP contribution is 2.32. The summed E-state index contributed by atoms with van der Waals surface area (Å²) in [4.78, 5) is 11.3. The number of ketones is 1. The van der Waals surface area contributed by atoms with Crippen LogP contribution < -0.4 is 5.32 Å². The number of alkyl halides is 3. The van der Waals surface area contributed by atoms with Gasteiger partial charge < -0.3 is 9.73 Å². The summed E-state index contributed by atoms with van der Waals surface area (Å²) in [5, 5.41) is 3.66. The Morgan fingerprint density at radius 1 is 1.04 bits per heavy atom. The van der Waals surface area contributed by atoms with Crippen LogP contribution in [-0.4, -0.2) is 5.78 Å². The first kappa shape index (κ1) is 15.1. The van der Waals surface area contributed by atoms with Crippen LogP contribution in [0.2, 0.25) is 0 Å². The van der Waals surface area contributed by atoms with Gasteiger partial charge in [0.15, 0.2) is 11.5 Å². The van der Waals surface area contributed by atoms with Gasteiger partial charge in [-0.05, 0) is 36.4 Å². The lowest BCUT2D eigenvalue weighted by Crippen LogP contribution is -2.05. The molecule has 23 heavy (non-hydrogen) atoms. The highest BCUT2D eigenvalue weighted by molar-refractivity contribution is 5.96. The molecule has 0 radical (unpaired) electrons. The fraction of sp³-hybridized carbons (Fsp3) is 0.118. The topological polar surface area (TPSA) is 42.2 Å². The predicted molar refractivity (Wildman–Crippen MR) is 80.9 cm³/mol. The van der Waals surface area contributed by atoms with Gasteiger partial charge in [-0.15, -0.1) is 0 Å². The first-order valence-corrected chi connectivity index (χ1v) is 6.82. The molecule has 118 valence electrons. The van der Waals surface area contributed by atoms with Crippen LogP contribution in [-0.2, 0) is 6.18 Å². The van der Waals surface area contributed by atoms with Crippen molar-refractivity contribution in [1.82, 2.24) is 0 Å². The fourth-order valence-electron chi connectivity index (χ4n) is 2.22. The van der Waals surface area contributed by atoms with Crippen molar-refractivity contribution in [3.63, 3.8) is 0 Å². The zero-order valence-electron chi connectivity index (χ0n) is 12.1. The largest absolute Gasteiger partial charge is 0.453 e. The summed E-state index contributed by atoms with van der Waals surface area (Å²) in [7, 11) is 0. The molecule has 0 fully saturated rings. The van der Waals surface area contributed by atoms with Crippen LogP contribution in [0.15, 0.2) is 52.9 Å². The third-order valence-electron chi connectivity index (χ3n) is 3.35. The number of halogens is 3. The Bertz CT molecular complexity index is 881. The van der Waals surface area contributed by atoms with E-state index in [0.717, 1.165) is 17.5 Å². The van der Waals surface area contributed by atoms with Gasteiger partial charge in [-0.3, -0.25) is 4.79 Å². The molecule has 0 aliphatic rings. The van der Waals surface area contributed by atoms with Crippen LogP contribution in [0.5, 0.6) is 0 Å². The Labute approximate surface area is 129 Å². The molecule has 6 heteroatoms. The summed E-state index contributed by atoms with van der Waals surface area (Å²) in [6, 6.07) is 11.7. The van der Waals surface area contributed by atoms with Crippen molar-refractivity contribution in [3.05, 3.63) is 59.9 Å². The summed E-state index contributed by atoms with van der Waals surface area (Å²) in [6.45, 7) is 1.40. The molecule has 3 nitrogen and oxygen atoms in total. The summed E-state index contributed by atoms with van der Waals surface area (Å²) in [5.74, 6) is 0.0600. The van der Waals surface area contributed by atoms with E-state index in [4.69, 9.17) is 4.42 Å². The van der Waals surface area contributed by atoms with E-state index in [1.54, 1.807) is 30.3 Å². The zero-order chi connectivity index (χ0) is 16.6. The van der Waals surface area contributed by atoms with E-state index in [2.05, 4.69) is 5.32 Å². The lowest BCUT2D eigenvalue weighted by Gasteiger charge is -2.10. The Kier molecular flexibility index (Phi) is 3.60. The maximum absolute atomic E-state index is 12.7. The quantitative estimate of drug-likeness (QED) is 0.657. The number of hydrogen-bond donors (Lipinski definition) is 1. The summed E-state index contributed by atoms with van der Waals surface area (Å²) in [6.07, 6.45) is -4.39. The molecule has 0 saturated heterocycles. The van der Waals surface area contributed by atoms with Gasteiger partial charge in [-0.25, -0.2) is 0 Å². The minimum absolute atomic E-state index is 0.186. The van der Waals surface area contributed by atoms with E-state index >= 15 is 0 Å². The van der Waals surface area contributed by atoms with E-state index in [-0.39, 0.29) is 11.5 Å². The molecule has 2 aromatic carbocycles. The molecule has 1 heterocycles. The van der Waals surface area contributed by atoms with Crippen molar-refractivity contribution in [2.45, 2.75) is 13.1 Å². The molecule has 3 rings (SSSR count). The van der Waals surface area contributed by atoms with Gasteiger partial charge in [-0.1, -0.05) is 6.07 Å². The van der Waals surface area contributed by atoms with Gasteiger partial charge in [0.1, 0.15) is 5.58 Å². The molecule has 0 aliphatic heterocycles. The number of carbonyl (C=O) groups excluding carboxylic acids is 1. The number of hydrogen-bond acceptors (Lipinski definition) is 3. The molecular weight excluding hydrogens is 307 g/mol. The third kappa shape index (κ3) is 3.21. The van der Waals surface area contributed by atoms with Crippen LogP contribution in [0, 0.1) is 0 Å². The molecule has 0 saturated carbocycles. The molecule has 3 aromatic rings. The van der Waals surface area contributed by atoms with Gasteiger partial charge in [0.2, 0.25) is 0 Å². The van der Waals surface area contributed by atoms with Crippen LogP contribution in [0.1, 0.15) is 23.0 Å². The van der Waals surface area contributed by atoms with Crippen LogP contribution in [0.25, 0.3) is 11.0 Å². The number of nitrogens with one attached hydrogen (secondary N) is 1. The van der Waals surface area contributed by atoms with E-state index in [0.29, 0.717) is 17.0 Å². The zero-order valence-corrected chi connectivity index (χ0v) is 12.1. The van der Waals surface area contributed by atoms with Crippen molar-refractivity contribution in [2.75, 3.05) is 5.32 Å². The molecule has 0 bridgehead atoms. The maximum atomic E-state index is 12.7. The third-order valence-corrected chi connectivity index (χ3v) is 3.35. The second-order valence-corrected chi connectivity index (χ2v) is 5.12. The van der Waals surface area contributed by atoms with Crippen molar-refractivity contribution >= 4 is 28.1 Å². The Balaban J connectivity index is 1.91. The molecule has 0 spiro atoms. The standard InChI is InChI=1S/C17H12F3NO2/c1-10(22)15-7-11-5-6-14(9-16(11)23-15)21-13-4-2-3-12(8-13)17(18,19)20/h2-9,21H,1H3. The highest BCUT2D eigenvalue weighted by atomic mass is 19.4. The fourth-order valence-corrected chi connectivity index (χ4v) is 2.22. The Morgan fingerprint density at radius 3 is 2.48 bits per heavy atom. The summed E-state index contributed by atoms with van der Waals surface area (Å²) < 4.78 is 43.6. The van der Waals surface area contributed by atoms with Crippen LogP contribution in [0.3, 0.4) is 0 Å². The minimum Gasteiger partial charge on any atom is -0.453 e. The lowest BCUT2D eigenvalue weighted by molar-refractivity contribution is -0.137. The van der Waals surface area contributed by atoms with Crippen molar-refractivity contribution in [3.8, 4) is 0 Å². The van der Waals surface area contributed by atoms with E-state index in [1.165, 1.54) is 13.0 Å². The van der Waals surface area contributed by atoms with Crippen molar-refractivity contribution < 1.29 is 22.4 Å². The summed E-state index contributed by atoms with van der Waals surface area (Å²) in [5.41, 5.74) is 0.659. The number of anilines is 2. The second-order valence-electron chi connectivity index (χ2n) is 5.12. The maximum Gasteiger partial charge on any atom is 0.416 e. The van der Waals surface area contributed by atoms with Gasteiger partial charge in [0.25, 0.3) is 0 Å². The average Bonchev–Trinajstić information content (AvgIpc) is 2.90. The number of rotatable bonds is 3. The average molecular weight is 319 g/mol. The lowest BCUT2D eigenvalue weighted by atomic mass is 10.2. The van der Waals surface area contributed by atoms with E-state index < -0.39 is 11.7 Å². The van der Waals surface area contributed by atoms with Gasteiger partial charge in [0.05, 0.1) is 5.56 Å². The normalized spacial score (nSPS) is 11.7. The van der Waals surface area contributed by atoms with Gasteiger partial charge in [0, 0.05) is 29.8 Å². The van der Waals surface area contributed by atoms with Crippen LogP contribution in [0.4, 0.5) is 24.5 Å². The van der Waals surface area contributed by atoms with Gasteiger partial charge in [-0.2, -0.15) is 13.2 Å². The molecule has 0 aliphatic carbocycles. The van der Waals surface area contributed by atoms with Crippen LogP contribution >= 0.6 is 0 Å². The second kappa shape index (κ2) is 5.46. The summed E-state index contributed by atoms with van der Waals surface area (Å²) >= 11 is 0. The monoisotopic (exact) mass is 319 g/mol. The number of carbonyl (C=O) groups is 1. The Hall–Kier alpha value is -2.76. The molecule has 0 atom stereocenters. The smallest absolute Gasteiger partial charge is 0.416 e. The minimum atomic E-state index is -4.39. The molecule has 0 unspecified atom stereocenters. The number of benzene rings is 2. The highest BCUT2D eigenvalue weighted by Gasteiger charge is 2.30. The first-order chi connectivity index (χ1) is 10.8. The SMILES string of the molecule is CC(=O)c1cc2ccc(Nc3cccc(C(F)(F)F)c3)cc2o1. The Morgan fingerprint density at radius 2 is 1.78 bits per heavy atom. The van der Waals surface area contributed by atoms with Gasteiger partial charge >= 0.3 is 6.18 Å². The van der Waals surface area contributed by atoms with E-state index in [1.807, 2.05) is 0 Å². The predicted octanol–water partition coefficient (Wildman–Crippen LogP) is 5.40. The number of furan rings is 1. The van der Waals surface area contributed by atoms with E-state index in [9.17, 15) is 18.0 Å². The number of fused-ring (bicyclic) bond motifs is 1. The molecule has 1 N–H and O–H groups in total. The first-order valence-electron chi connectivity index (χ1n) is 6.82. The van der Waals surface area contributed by atoms with Crippen molar-refractivity contribution in [2.24, 2.45) is 0 Å². The molecule has 1 aromatic heterocycles. The molecular formula is C17H12F3NO2.